The number of ether oxygens (including phenoxy) is 1. The van der Waals surface area contributed by atoms with E-state index >= 15 is 0 Å². The lowest BCUT2D eigenvalue weighted by Gasteiger charge is -2.07. The third kappa shape index (κ3) is 2.46. The molecule has 2 heterocycles. The Labute approximate surface area is 124 Å². The van der Waals surface area contributed by atoms with Crippen LogP contribution in [0.15, 0.2) is 30.6 Å². The van der Waals surface area contributed by atoms with Gasteiger partial charge in [0.1, 0.15) is 22.7 Å². The van der Waals surface area contributed by atoms with Crippen molar-refractivity contribution < 1.29 is 9.13 Å². The van der Waals surface area contributed by atoms with Crippen molar-refractivity contribution in [2.24, 2.45) is 0 Å². The molecule has 0 aliphatic heterocycles. The van der Waals surface area contributed by atoms with Gasteiger partial charge in [-0.1, -0.05) is 18.5 Å². The molecule has 0 atom stereocenters. The molecular formula is C14H10ClFN2OS. The van der Waals surface area contributed by atoms with Crippen LogP contribution in [0, 0.1) is 5.82 Å². The number of rotatable bonds is 3. The number of aryl methyl sites for hydroxylation is 1. The normalized spacial score (nSPS) is 10.9. The minimum Gasteiger partial charge on any atom is -0.437 e. The molecule has 0 radical (unpaired) electrons. The molecule has 0 saturated carbocycles. The summed E-state index contributed by atoms with van der Waals surface area (Å²) in [5, 5.41) is 1.05. The molecule has 3 aromatic rings. The molecule has 0 aliphatic rings. The summed E-state index contributed by atoms with van der Waals surface area (Å²) in [7, 11) is 0. The van der Waals surface area contributed by atoms with Gasteiger partial charge in [-0.3, -0.25) is 0 Å². The molecule has 0 amide bonds. The molecule has 6 heteroatoms. The first-order valence-corrected chi connectivity index (χ1v) is 7.23. The summed E-state index contributed by atoms with van der Waals surface area (Å²) in [5.41, 5.74) is 0. The van der Waals surface area contributed by atoms with Crippen LogP contribution in [0.1, 0.15) is 11.8 Å². The Kier molecular flexibility index (Phi) is 3.54. The van der Waals surface area contributed by atoms with Crippen molar-refractivity contribution >= 4 is 33.2 Å². The first kappa shape index (κ1) is 13.3. The fourth-order valence-electron chi connectivity index (χ4n) is 1.80. The molecule has 2 aromatic heterocycles. The first-order valence-electron chi connectivity index (χ1n) is 6.03. The molecule has 0 N–H and O–H groups in total. The van der Waals surface area contributed by atoms with Crippen LogP contribution in [0.4, 0.5) is 4.39 Å². The number of halogens is 2. The summed E-state index contributed by atoms with van der Waals surface area (Å²) < 4.78 is 18.7. The van der Waals surface area contributed by atoms with Crippen LogP contribution in [0.25, 0.3) is 10.2 Å². The smallest absolute Gasteiger partial charge is 0.231 e. The van der Waals surface area contributed by atoms with Crippen LogP contribution in [0.2, 0.25) is 5.02 Å². The van der Waals surface area contributed by atoms with Gasteiger partial charge in [-0.25, -0.2) is 14.4 Å². The van der Waals surface area contributed by atoms with Gasteiger partial charge in [0.2, 0.25) is 5.88 Å². The Bertz CT molecular complexity index is 775. The molecule has 3 nitrogen and oxygen atoms in total. The van der Waals surface area contributed by atoms with E-state index in [9.17, 15) is 4.39 Å². The second-order valence-corrected chi connectivity index (χ2v) is 5.66. The largest absolute Gasteiger partial charge is 0.437 e. The van der Waals surface area contributed by atoms with Gasteiger partial charge in [-0.15, -0.1) is 11.3 Å². The van der Waals surface area contributed by atoms with Crippen LogP contribution < -0.4 is 4.74 Å². The maximum Gasteiger partial charge on any atom is 0.231 e. The molecular weight excluding hydrogens is 299 g/mol. The van der Waals surface area contributed by atoms with Crippen molar-refractivity contribution in [3.8, 4) is 11.6 Å². The third-order valence-corrected chi connectivity index (χ3v) is 4.28. The van der Waals surface area contributed by atoms with Crippen molar-refractivity contribution in [3.05, 3.63) is 46.3 Å². The van der Waals surface area contributed by atoms with E-state index in [-0.39, 0.29) is 5.02 Å². The predicted molar refractivity (Wildman–Crippen MR) is 78.3 cm³/mol. The lowest BCUT2D eigenvalue weighted by Crippen LogP contribution is -1.90. The quantitative estimate of drug-likeness (QED) is 0.694. The number of benzene rings is 1. The van der Waals surface area contributed by atoms with Gasteiger partial charge in [-0.05, 0) is 30.7 Å². The minimum absolute atomic E-state index is 0.211. The lowest BCUT2D eigenvalue weighted by molar-refractivity contribution is 0.467. The van der Waals surface area contributed by atoms with E-state index in [4.69, 9.17) is 16.3 Å². The van der Waals surface area contributed by atoms with Crippen LogP contribution in [0.3, 0.4) is 0 Å². The summed E-state index contributed by atoms with van der Waals surface area (Å²) >= 11 is 7.56. The minimum atomic E-state index is -0.404. The highest BCUT2D eigenvalue weighted by molar-refractivity contribution is 7.18. The van der Waals surface area contributed by atoms with Gasteiger partial charge in [0, 0.05) is 4.88 Å². The van der Waals surface area contributed by atoms with Crippen LogP contribution in [0.5, 0.6) is 11.6 Å². The van der Waals surface area contributed by atoms with E-state index in [1.807, 2.05) is 6.07 Å². The van der Waals surface area contributed by atoms with Crippen molar-refractivity contribution in [3.63, 3.8) is 0 Å². The molecule has 102 valence electrons. The van der Waals surface area contributed by atoms with Crippen molar-refractivity contribution in [2.45, 2.75) is 13.3 Å². The summed E-state index contributed by atoms with van der Waals surface area (Å²) in [6, 6.07) is 6.00. The summed E-state index contributed by atoms with van der Waals surface area (Å²) in [6.45, 7) is 2.08. The molecule has 1 aromatic carbocycles. The lowest BCUT2D eigenvalue weighted by atomic mass is 10.3. The highest BCUT2D eigenvalue weighted by Gasteiger charge is 2.12. The SMILES string of the molecule is CCc1cc2c(Oc3ccc(F)cc3Cl)ncnc2s1. The second-order valence-electron chi connectivity index (χ2n) is 4.14. The Morgan fingerprint density at radius 3 is 2.90 bits per heavy atom. The van der Waals surface area contributed by atoms with Crippen molar-refractivity contribution in [2.75, 3.05) is 0 Å². The molecule has 0 unspecified atom stereocenters. The molecule has 3 rings (SSSR count). The number of fused-ring (bicyclic) bond motifs is 1. The number of aromatic nitrogens is 2. The van der Waals surface area contributed by atoms with E-state index in [1.165, 1.54) is 29.4 Å². The number of thiophene rings is 1. The Balaban J connectivity index is 2.03. The first-order chi connectivity index (χ1) is 9.67. The molecule has 0 bridgehead atoms. The zero-order valence-electron chi connectivity index (χ0n) is 10.6. The fraction of sp³-hybridized carbons (Fsp3) is 0.143. The fourth-order valence-corrected chi connectivity index (χ4v) is 2.93. The Morgan fingerprint density at radius 1 is 1.30 bits per heavy atom. The second kappa shape index (κ2) is 5.34. The van der Waals surface area contributed by atoms with Gasteiger partial charge in [0.15, 0.2) is 0 Å². The third-order valence-electron chi connectivity index (χ3n) is 2.79. The standard InChI is InChI=1S/C14H10ClFN2OS/c1-2-9-6-10-13(17-7-18-14(10)20-9)19-12-4-3-8(16)5-11(12)15/h3-7H,2H2,1H3. The van der Waals surface area contributed by atoms with Crippen LogP contribution in [-0.4, -0.2) is 9.97 Å². The molecule has 0 fully saturated rings. The Morgan fingerprint density at radius 2 is 2.15 bits per heavy atom. The zero-order chi connectivity index (χ0) is 14.1. The van der Waals surface area contributed by atoms with Gasteiger partial charge in [0.05, 0.1) is 10.4 Å². The number of hydrogen-bond donors (Lipinski definition) is 0. The maximum absolute atomic E-state index is 13.0. The van der Waals surface area contributed by atoms with Gasteiger partial charge >= 0.3 is 0 Å². The monoisotopic (exact) mass is 308 g/mol. The summed E-state index contributed by atoms with van der Waals surface area (Å²) in [5.74, 6) is 0.399. The van der Waals surface area contributed by atoms with Gasteiger partial charge in [0.25, 0.3) is 0 Å². The highest BCUT2D eigenvalue weighted by atomic mass is 35.5. The van der Waals surface area contributed by atoms with E-state index in [0.29, 0.717) is 11.6 Å². The summed E-state index contributed by atoms with van der Waals surface area (Å²) in [6.07, 6.45) is 2.38. The average molecular weight is 309 g/mol. The maximum atomic E-state index is 13.0. The summed E-state index contributed by atoms with van der Waals surface area (Å²) in [4.78, 5) is 10.4. The molecule has 20 heavy (non-hydrogen) atoms. The van der Waals surface area contributed by atoms with Gasteiger partial charge < -0.3 is 4.74 Å². The van der Waals surface area contributed by atoms with Gasteiger partial charge in [-0.2, -0.15) is 0 Å². The predicted octanol–water partition coefficient (Wildman–Crippen LogP) is 4.84. The van der Waals surface area contributed by atoms with E-state index < -0.39 is 5.82 Å². The van der Waals surface area contributed by atoms with Crippen LogP contribution >= 0.6 is 22.9 Å². The topological polar surface area (TPSA) is 35.0 Å². The number of hydrogen-bond acceptors (Lipinski definition) is 4. The van der Waals surface area contributed by atoms with Crippen molar-refractivity contribution in [1.29, 1.82) is 0 Å². The van der Waals surface area contributed by atoms with Crippen molar-refractivity contribution in [1.82, 2.24) is 9.97 Å². The average Bonchev–Trinajstić information content (AvgIpc) is 2.86. The molecule has 0 spiro atoms. The highest BCUT2D eigenvalue weighted by Crippen LogP contribution is 2.35. The zero-order valence-corrected chi connectivity index (χ0v) is 12.1. The van der Waals surface area contributed by atoms with E-state index in [0.717, 1.165) is 16.6 Å². The van der Waals surface area contributed by atoms with E-state index in [1.54, 1.807) is 11.3 Å². The molecule has 0 aliphatic carbocycles. The Hall–Kier alpha value is -1.72. The van der Waals surface area contributed by atoms with E-state index in [2.05, 4.69) is 16.9 Å². The number of nitrogens with zero attached hydrogens (tertiary/aromatic N) is 2. The molecule has 0 saturated heterocycles. The van der Waals surface area contributed by atoms with Crippen LogP contribution in [-0.2, 0) is 6.42 Å².